The topological polar surface area (TPSA) is 83.5 Å². The third-order valence-electron chi connectivity index (χ3n) is 2.33. The fourth-order valence-electron chi connectivity index (χ4n) is 1.26. The molecular weight excluding hydrogens is 254 g/mol. The molecule has 0 bridgehead atoms. The standard InChI is InChI=1S/C12H15NO4S/c1-3-18(16,17)13-11-8-10(5-4-9(11)2)6-7-12(14)15/h4-8,13H,3H2,1-2H3,(H,14,15). The Kier molecular flexibility index (Phi) is 4.49. The molecule has 18 heavy (non-hydrogen) atoms. The van der Waals surface area contributed by atoms with Crippen LogP contribution in [0, 0.1) is 6.92 Å². The van der Waals surface area contributed by atoms with Crippen LogP contribution in [0.3, 0.4) is 0 Å². The summed E-state index contributed by atoms with van der Waals surface area (Å²) in [5.74, 6) is -1.06. The number of benzene rings is 1. The molecule has 0 fully saturated rings. The molecule has 5 nitrogen and oxygen atoms in total. The highest BCUT2D eigenvalue weighted by atomic mass is 32.2. The van der Waals surface area contributed by atoms with Crippen molar-refractivity contribution in [3.8, 4) is 0 Å². The number of nitrogens with one attached hydrogen (secondary N) is 1. The molecule has 0 saturated heterocycles. The lowest BCUT2D eigenvalue weighted by molar-refractivity contribution is -0.131. The maximum atomic E-state index is 11.5. The second-order valence-corrected chi connectivity index (χ2v) is 5.76. The van der Waals surface area contributed by atoms with E-state index in [4.69, 9.17) is 5.11 Å². The van der Waals surface area contributed by atoms with Crippen LogP contribution in [-0.2, 0) is 14.8 Å². The number of aliphatic carboxylic acids is 1. The Morgan fingerprint density at radius 1 is 1.44 bits per heavy atom. The summed E-state index contributed by atoms with van der Waals surface area (Å²) in [5, 5.41) is 8.52. The molecule has 1 aromatic rings. The van der Waals surface area contributed by atoms with Crippen LogP contribution in [0.1, 0.15) is 18.1 Å². The zero-order valence-corrected chi connectivity index (χ0v) is 11.0. The average molecular weight is 269 g/mol. The maximum absolute atomic E-state index is 11.5. The normalized spacial score (nSPS) is 11.7. The number of aryl methyl sites for hydroxylation is 1. The van der Waals surface area contributed by atoms with Crippen LogP contribution in [0.2, 0.25) is 0 Å². The lowest BCUT2D eigenvalue weighted by Crippen LogP contribution is -2.15. The Bertz CT molecular complexity index is 576. The third kappa shape index (κ3) is 4.21. The second-order valence-electron chi connectivity index (χ2n) is 3.75. The second kappa shape index (κ2) is 5.68. The van der Waals surface area contributed by atoms with Gasteiger partial charge in [-0.25, -0.2) is 13.2 Å². The van der Waals surface area contributed by atoms with Crippen molar-refractivity contribution in [2.24, 2.45) is 0 Å². The number of carboxylic acids is 1. The largest absolute Gasteiger partial charge is 0.478 e. The third-order valence-corrected chi connectivity index (χ3v) is 3.62. The quantitative estimate of drug-likeness (QED) is 0.799. The fourth-order valence-corrected chi connectivity index (χ4v) is 1.96. The highest BCUT2D eigenvalue weighted by Crippen LogP contribution is 2.19. The van der Waals surface area contributed by atoms with E-state index in [2.05, 4.69) is 4.72 Å². The first-order chi connectivity index (χ1) is 8.34. The van der Waals surface area contributed by atoms with Crippen molar-refractivity contribution in [1.82, 2.24) is 0 Å². The molecule has 0 aliphatic rings. The summed E-state index contributed by atoms with van der Waals surface area (Å²) < 4.78 is 25.4. The lowest BCUT2D eigenvalue weighted by atomic mass is 10.1. The SMILES string of the molecule is CCS(=O)(=O)Nc1cc(C=CC(=O)O)ccc1C. The molecule has 0 saturated carbocycles. The summed E-state index contributed by atoms with van der Waals surface area (Å²) in [4.78, 5) is 10.4. The number of hydrogen-bond donors (Lipinski definition) is 2. The van der Waals surface area contributed by atoms with Crippen LogP contribution >= 0.6 is 0 Å². The zero-order valence-electron chi connectivity index (χ0n) is 10.2. The van der Waals surface area contributed by atoms with Crippen LogP contribution in [0.5, 0.6) is 0 Å². The van der Waals surface area contributed by atoms with E-state index < -0.39 is 16.0 Å². The van der Waals surface area contributed by atoms with Gasteiger partial charge < -0.3 is 5.11 Å². The molecule has 6 heteroatoms. The van der Waals surface area contributed by atoms with Gasteiger partial charge in [0.05, 0.1) is 11.4 Å². The van der Waals surface area contributed by atoms with Crippen molar-refractivity contribution in [3.63, 3.8) is 0 Å². The van der Waals surface area contributed by atoms with E-state index in [0.717, 1.165) is 11.6 Å². The monoisotopic (exact) mass is 269 g/mol. The predicted octanol–water partition coefficient (Wildman–Crippen LogP) is 1.85. The Labute approximate surface area is 106 Å². The Hall–Kier alpha value is -1.82. The number of hydrogen-bond acceptors (Lipinski definition) is 3. The van der Waals surface area contributed by atoms with Crippen LogP contribution < -0.4 is 4.72 Å². The van der Waals surface area contributed by atoms with Crippen LogP contribution in [0.4, 0.5) is 5.69 Å². The summed E-state index contributed by atoms with van der Waals surface area (Å²) in [6.07, 6.45) is 2.41. The van der Waals surface area contributed by atoms with Gasteiger partial charge in [0.1, 0.15) is 0 Å². The summed E-state index contributed by atoms with van der Waals surface area (Å²) >= 11 is 0. The number of sulfonamides is 1. The molecule has 0 heterocycles. The van der Waals surface area contributed by atoms with Crippen LogP contribution in [0.15, 0.2) is 24.3 Å². The van der Waals surface area contributed by atoms with Crippen molar-refractivity contribution in [3.05, 3.63) is 35.4 Å². The summed E-state index contributed by atoms with van der Waals surface area (Å²) in [6, 6.07) is 5.05. The van der Waals surface area contributed by atoms with Crippen molar-refractivity contribution < 1.29 is 18.3 Å². The summed E-state index contributed by atoms with van der Waals surface area (Å²) in [6.45, 7) is 3.32. The summed E-state index contributed by atoms with van der Waals surface area (Å²) in [5.41, 5.74) is 1.86. The van der Waals surface area contributed by atoms with Gasteiger partial charge in [0.2, 0.25) is 10.0 Å². The van der Waals surface area contributed by atoms with Crippen molar-refractivity contribution in [1.29, 1.82) is 0 Å². The van der Waals surface area contributed by atoms with E-state index in [1.54, 1.807) is 32.0 Å². The van der Waals surface area contributed by atoms with E-state index in [1.165, 1.54) is 6.08 Å². The smallest absolute Gasteiger partial charge is 0.328 e. The lowest BCUT2D eigenvalue weighted by Gasteiger charge is -2.09. The van der Waals surface area contributed by atoms with Crippen molar-refractivity contribution >= 4 is 27.8 Å². The summed E-state index contributed by atoms with van der Waals surface area (Å²) in [7, 11) is -3.33. The van der Waals surface area contributed by atoms with Gasteiger partial charge in [0.25, 0.3) is 0 Å². The van der Waals surface area contributed by atoms with Crippen molar-refractivity contribution in [2.45, 2.75) is 13.8 Å². The number of carboxylic acid groups (broad SMARTS) is 1. The highest BCUT2D eigenvalue weighted by Gasteiger charge is 2.08. The predicted molar refractivity (Wildman–Crippen MR) is 70.9 cm³/mol. The number of rotatable bonds is 5. The molecule has 0 aliphatic carbocycles. The molecule has 0 radical (unpaired) electrons. The van der Waals surface area contributed by atoms with Gasteiger partial charge in [-0.2, -0.15) is 0 Å². The van der Waals surface area contributed by atoms with Gasteiger partial charge in [-0.1, -0.05) is 12.1 Å². The molecule has 0 amide bonds. The minimum atomic E-state index is -3.33. The molecule has 1 rings (SSSR count). The number of carbonyl (C=O) groups is 1. The minimum Gasteiger partial charge on any atom is -0.478 e. The first kappa shape index (κ1) is 14.2. The van der Waals surface area contributed by atoms with E-state index in [9.17, 15) is 13.2 Å². The molecule has 0 spiro atoms. The van der Waals surface area contributed by atoms with Gasteiger partial charge in [0.15, 0.2) is 0 Å². The molecular formula is C12H15NO4S. The van der Waals surface area contributed by atoms with Gasteiger partial charge in [-0.3, -0.25) is 4.72 Å². The van der Waals surface area contributed by atoms with Crippen LogP contribution in [0.25, 0.3) is 6.08 Å². The first-order valence-electron chi connectivity index (χ1n) is 5.36. The van der Waals surface area contributed by atoms with E-state index in [1.807, 2.05) is 0 Å². The van der Waals surface area contributed by atoms with E-state index >= 15 is 0 Å². The van der Waals surface area contributed by atoms with Crippen LogP contribution in [-0.4, -0.2) is 25.2 Å². The van der Waals surface area contributed by atoms with Gasteiger partial charge in [-0.15, -0.1) is 0 Å². The molecule has 0 unspecified atom stereocenters. The number of anilines is 1. The fraction of sp³-hybridized carbons (Fsp3) is 0.250. The van der Waals surface area contributed by atoms with E-state index in [-0.39, 0.29) is 5.75 Å². The average Bonchev–Trinajstić information content (AvgIpc) is 2.30. The first-order valence-corrected chi connectivity index (χ1v) is 7.01. The Balaban J connectivity index is 3.06. The molecule has 0 aromatic heterocycles. The molecule has 2 N–H and O–H groups in total. The van der Waals surface area contributed by atoms with E-state index in [0.29, 0.717) is 11.3 Å². The molecule has 1 aromatic carbocycles. The molecule has 98 valence electrons. The van der Waals surface area contributed by atoms with Gasteiger partial charge in [0, 0.05) is 6.08 Å². The highest BCUT2D eigenvalue weighted by molar-refractivity contribution is 7.92. The maximum Gasteiger partial charge on any atom is 0.328 e. The molecule has 0 atom stereocenters. The van der Waals surface area contributed by atoms with Gasteiger partial charge >= 0.3 is 5.97 Å². The minimum absolute atomic E-state index is 0.0123. The Morgan fingerprint density at radius 3 is 2.67 bits per heavy atom. The Morgan fingerprint density at radius 2 is 2.11 bits per heavy atom. The zero-order chi connectivity index (χ0) is 13.8. The van der Waals surface area contributed by atoms with Crippen molar-refractivity contribution in [2.75, 3.05) is 10.5 Å². The van der Waals surface area contributed by atoms with Gasteiger partial charge in [-0.05, 0) is 37.1 Å². The molecule has 0 aliphatic heterocycles.